The van der Waals surface area contributed by atoms with Crippen molar-refractivity contribution in [2.45, 2.75) is 17.6 Å². The smallest absolute Gasteiger partial charge is 0.0646 e. The van der Waals surface area contributed by atoms with Crippen LogP contribution in [0.4, 0.5) is 5.69 Å². The molecule has 4 heteroatoms. The van der Waals surface area contributed by atoms with Gasteiger partial charge in [0.1, 0.15) is 0 Å². The quantitative estimate of drug-likeness (QED) is 0.675. The molecule has 0 aliphatic rings. The predicted molar refractivity (Wildman–Crippen MR) is 74.4 cm³/mol. The maximum Gasteiger partial charge on any atom is 0.0646 e. The van der Waals surface area contributed by atoms with E-state index in [0.717, 1.165) is 22.0 Å². The van der Waals surface area contributed by atoms with Gasteiger partial charge in [-0.3, -0.25) is 4.98 Å². The van der Waals surface area contributed by atoms with Crippen molar-refractivity contribution in [1.82, 2.24) is 4.98 Å². The summed E-state index contributed by atoms with van der Waals surface area (Å²) in [5.74, 6) is 0.835. The van der Waals surface area contributed by atoms with Gasteiger partial charge in [0.05, 0.1) is 16.4 Å². The van der Waals surface area contributed by atoms with E-state index < -0.39 is 0 Å². The van der Waals surface area contributed by atoms with Crippen LogP contribution >= 0.6 is 23.4 Å². The molecule has 2 N–H and O–H groups in total. The molecule has 1 aromatic heterocycles. The van der Waals surface area contributed by atoms with E-state index in [1.54, 1.807) is 11.8 Å². The summed E-state index contributed by atoms with van der Waals surface area (Å²) in [7, 11) is 0. The van der Waals surface area contributed by atoms with Gasteiger partial charge >= 0.3 is 0 Å². The lowest BCUT2D eigenvalue weighted by atomic mass is 10.3. The first-order chi connectivity index (χ1) is 8.15. The molecule has 1 heterocycles. The Morgan fingerprint density at radius 2 is 2.12 bits per heavy atom. The molecule has 17 heavy (non-hydrogen) atoms. The molecule has 0 aliphatic heterocycles. The van der Waals surface area contributed by atoms with Crippen LogP contribution in [-0.4, -0.2) is 4.98 Å². The van der Waals surface area contributed by atoms with Crippen LogP contribution in [0.5, 0.6) is 0 Å². The molecule has 1 aromatic carbocycles. The Kier molecular flexibility index (Phi) is 3.92. The Hall–Kier alpha value is -1.19. The Bertz CT molecular complexity index is 529. The van der Waals surface area contributed by atoms with Crippen LogP contribution in [0.15, 0.2) is 41.3 Å². The third kappa shape index (κ3) is 3.38. The van der Waals surface area contributed by atoms with E-state index in [4.69, 9.17) is 17.3 Å². The van der Waals surface area contributed by atoms with E-state index in [9.17, 15) is 0 Å². The molecule has 0 unspecified atom stereocenters. The lowest BCUT2D eigenvalue weighted by Gasteiger charge is -2.04. The number of nitrogens with zero attached hydrogens (tertiary/aromatic N) is 1. The highest BCUT2D eigenvalue weighted by atomic mass is 35.5. The maximum absolute atomic E-state index is 5.97. The molecular formula is C13H13ClN2S. The van der Waals surface area contributed by atoms with Crippen LogP contribution in [0.1, 0.15) is 11.4 Å². The minimum Gasteiger partial charge on any atom is -0.398 e. The summed E-state index contributed by atoms with van der Waals surface area (Å²) < 4.78 is 0. The topological polar surface area (TPSA) is 38.9 Å². The number of thioether (sulfide) groups is 1. The summed E-state index contributed by atoms with van der Waals surface area (Å²) in [5, 5.41) is 0.604. The number of benzene rings is 1. The molecule has 0 aliphatic carbocycles. The standard InChI is InChI=1S/C13H13ClN2S/c1-9-3-2-4-10(16-9)8-17-11-5-6-13(15)12(14)7-11/h2-7H,8,15H2,1H3. The van der Waals surface area contributed by atoms with Crippen molar-refractivity contribution in [2.24, 2.45) is 0 Å². The number of nitrogens with two attached hydrogens (primary N) is 1. The van der Waals surface area contributed by atoms with Crippen LogP contribution < -0.4 is 5.73 Å². The molecule has 0 bridgehead atoms. The average Bonchev–Trinajstić information content (AvgIpc) is 2.31. The van der Waals surface area contributed by atoms with E-state index in [0.29, 0.717) is 10.7 Å². The zero-order valence-corrected chi connectivity index (χ0v) is 11.1. The number of hydrogen-bond donors (Lipinski definition) is 1. The van der Waals surface area contributed by atoms with Gasteiger partial charge in [-0.15, -0.1) is 11.8 Å². The maximum atomic E-state index is 5.97. The number of aryl methyl sites for hydroxylation is 1. The minimum atomic E-state index is 0.604. The summed E-state index contributed by atoms with van der Waals surface area (Å²) in [6.45, 7) is 1.99. The van der Waals surface area contributed by atoms with E-state index >= 15 is 0 Å². The van der Waals surface area contributed by atoms with Gasteiger partial charge in [-0.1, -0.05) is 17.7 Å². The largest absolute Gasteiger partial charge is 0.398 e. The van der Waals surface area contributed by atoms with Crippen molar-refractivity contribution in [3.05, 3.63) is 52.8 Å². The lowest BCUT2D eigenvalue weighted by molar-refractivity contribution is 1.11. The van der Waals surface area contributed by atoms with Crippen LogP contribution in [0.25, 0.3) is 0 Å². The fraction of sp³-hybridized carbons (Fsp3) is 0.154. The predicted octanol–water partition coefficient (Wildman–Crippen LogP) is 3.92. The Morgan fingerprint density at radius 3 is 2.82 bits per heavy atom. The fourth-order valence-electron chi connectivity index (χ4n) is 1.43. The van der Waals surface area contributed by atoms with E-state index in [-0.39, 0.29) is 0 Å². The molecule has 0 atom stereocenters. The van der Waals surface area contributed by atoms with Crippen molar-refractivity contribution >= 4 is 29.1 Å². The van der Waals surface area contributed by atoms with Crippen molar-refractivity contribution in [3.63, 3.8) is 0 Å². The minimum absolute atomic E-state index is 0.604. The lowest BCUT2D eigenvalue weighted by Crippen LogP contribution is -1.89. The number of rotatable bonds is 3. The number of aromatic nitrogens is 1. The van der Waals surface area contributed by atoms with Gasteiger partial charge in [-0.25, -0.2) is 0 Å². The highest BCUT2D eigenvalue weighted by Gasteiger charge is 2.01. The second-order valence-corrected chi connectivity index (χ2v) is 5.20. The molecule has 2 nitrogen and oxygen atoms in total. The molecule has 0 amide bonds. The highest BCUT2D eigenvalue weighted by Crippen LogP contribution is 2.28. The number of halogens is 1. The zero-order valence-electron chi connectivity index (χ0n) is 9.48. The van der Waals surface area contributed by atoms with Gasteiger partial charge in [0.15, 0.2) is 0 Å². The van der Waals surface area contributed by atoms with Gasteiger partial charge in [0.25, 0.3) is 0 Å². The van der Waals surface area contributed by atoms with Crippen LogP contribution in [0, 0.1) is 6.92 Å². The molecule has 0 saturated heterocycles. The third-order valence-corrected chi connectivity index (χ3v) is 3.66. The van der Waals surface area contributed by atoms with Crippen LogP contribution in [0.2, 0.25) is 5.02 Å². The van der Waals surface area contributed by atoms with E-state index in [1.165, 1.54) is 0 Å². The van der Waals surface area contributed by atoms with Gasteiger partial charge < -0.3 is 5.73 Å². The van der Waals surface area contributed by atoms with Crippen molar-refractivity contribution in [1.29, 1.82) is 0 Å². The molecule has 0 radical (unpaired) electrons. The summed E-state index contributed by atoms with van der Waals surface area (Å²) in [5.41, 5.74) is 8.39. The normalized spacial score (nSPS) is 10.5. The molecule has 0 fully saturated rings. The van der Waals surface area contributed by atoms with E-state index in [1.807, 2.05) is 43.3 Å². The molecule has 88 valence electrons. The zero-order chi connectivity index (χ0) is 12.3. The molecular weight excluding hydrogens is 252 g/mol. The van der Waals surface area contributed by atoms with Crippen molar-refractivity contribution in [2.75, 3.05) is 5.73 Å². The van der Waals surface area contributed by atoms with Crippen LogP contribution in [0.3, 0.4) is 0 Å². The van der Waals surface area contributed by atoms with Crippen molar-refractivity contribution in [3.8, 4) is 0 Å². The van der Waals surface area contributed by atoms with Gasteiger partial charge in [-0.05, 0) is 37.3 Å². The summed E-state index contributed by atoms with van der Waals surface area (Å²) in [6, 6.07) is 11.7. The first kappa shape index (κ1) is 12.3. The van der Waals surface area contributed by atoms with Crippen molar-refractivity contribution < 1.29 is 0 Å². The third-order valence-electron chi connectivity index (χ3n) is 2.30. The first-order valence-corrected chi connectivity index (χ1v) is 6.62. The van der Waals surface area contributed by atoms with Gasteiger partial charge in [0.2, 0.25) is 0 Å². The van der Waals surface area contributed by atoms with E-state index in [2.05, 4.69) is 4.98 Å². The number of hydrogen-bond acceptors (Lipinski definition) is 3. The molecule has 0 spiro atoms. The summed E-state index contributed by atoms with van der Waals surface area (Å²) >= 11 is 7.67. The van der Waals surface area contributed by atoms with Gasteiger partial charge in [-0.2, -0.15) is 0 Å². The second kappa shape index (κ2) is 5.43. The summed E-state index contributed by atoms with van der Waals surface area (Å²) in [4.78, 5) is 5.55. The molecule has 2 rings (SSSR count). The number of nitrogen functional groups attached to an aromatic ring is 1. The number of pyridine rings is 1. The Balaban J connectivity index is 2.05. The first-order valence-electron chi connectivity index (χ1n) is 5.25. The van der Waals surface area contributed by atoms with Crippen LogP contribution in [-0.2, 0) is 5.75 Å². The molecule has 0 saturated carbocycles. The Morgan fingerprint density at radius 1 is 1.29 bits per heavy atom. The Labute approximate surface area is 110 Å². The summed E-state index contributed by atoms with van der Waals surface area (Å²) in [6.07, 6.45) is 0. The second-order valence-electron chi connectivity index (χ2n) is 3.74. The SMILES string of the molecule is Cc1cccc(CSc2ccc(N)c(Cl)c2)n1. The monoisotopic (exact) mass is 264 g/mol. The van der Waals surface area contributed by atoms with Gasteiger partial charge in [0, 0.05) is 16.3 Å². The fourth-order valence-corrected chi connectivity index (χ4v) is 2.52. The number of anilines is 1. The average molecular weight is 265 g/mol. The highest BCUT2D eigenvalue weighted by molar-refractivity contribution is 7.98. The molecule has 2 aromatic rings.